The van der Waals surface area contributed by atoms with Crippen molar-refractivity contribution in [1.29, 1.82) is 0 Å². The Kier molecular flexibility index (Phi) is 16.2. The quantitative estimate of drug-likeness (QED) is 0.363. The molecule has 3 heteroatoms. The zero-order valence-corrected chi connectivity index (χ0v) is 5.37. The van der Waals surface area contributed by atoms with Crippen LogP contribution in [0.3, 0.4) is 0 Å². The van der Waals surface area contributed by atoms with Gasteiger partial charge in [0.2, 0.25) is 0 Å². The number of hydrogen-bond acceptors (Lipinski definition) is 1. The maximum Gasteiger partial charge on any atom is 0.120 e. The summed E-state index contributed by atoms with van der Waals surface area (Å²) in [4.78, 5) is 0. The smallest absolute Gasteiger partial charge is 0.120 e. The number of halogens is 1. The van der Waals surface area contributed by atoms with Crippen molar-refractivity contribution in [3.05, 3.63) is 0 Å². The Labute approximate surface area is 40.3 Å². The van der Waals surface area contributed by atoms with E-state index in [9.17, 15) is 0 Å². The third-order valence-corrected chi connectivity index (χ3v) is 0.327. The van der Waals surface area contributed by atoms with Gasteiger partial charge in [-0.05, 0) is 0 Å². The predicted molar refractivity (Wildman–Crippen MR) is 28.8 cm³/mol. The van der Waals surface area contributed by atoms with Gasteiger partial charge in [-0.2, -0.15) is 9.90 Å². The Morgan fingerprint density at radius 2 is 2.00 bits per heavy atom. The highest BCUT2D eigenvalue weighted by atomic mass is 35.5. The van der Waals surface area contributed by atoms with E-state index in [0.717, 1.165) is 0 Å². The zero-order chi connectivity index (χ0) is 3.41. The molecule has 0 heterocycles. The van der Waals surface area contributed by atoms with Gasteiger partial charge in [-0.25, -0.2) is 0 Å². The molecule has 0 aromatic carbocycles. The lowest BCUT2D eigenvalue weighted by Crippen LogP contribution is -1.68. The summed E-state index contributed by atoms with van der Waals surface area (Å²) in [7, 11) is 1.55. The van der Waals surface area contributed by atoms with Crippen molar-refractivity contribution in [1.82, 2.24) is 0 Å². The minimum atomic E-state index is 0. The zero-order valence-electron chi connectivity index (χ0n) is 3.20. The Bertz CT molecular complexity index is 11.6. The molecule has 1 nitrogen and oxygen atoms in total. The first-order valence-electron chi connectivity index (χ1n) is 0.964. The number of rotatable bonds is 1. The predicted octanol–water partition coefficient (Wildman–Crippen LogP) is 0.887. The van der Waals surface area contributed by atoms with E-state index in [1.165, 1.54) is 0 Å². The summed E-state index contributed by atoms with van der Waals surface area (Å²) in [6, 6.07) is 0.292. The molecular weight excluding hydrogens is 106 g/mol. The lowest BCUT2D eigenvalue weighted by molar-refractivity contribution is 0.254. The van der Waals surface area contributed by atoms with Gasteiger partial charge in [-0.1, -0.05) is 11.6 Å². The van der Waals surface area contributed by atoms with Crippen LogP contribution in [0.4, 0.5) is 0 Å². The minimum Gasteiger partial charge on any atom is -0.369 e. The van der Waals surface area contributed by atoms with E-state index in [1.807, 2.05) is 0 Å². The van der Waals surface area contributed by atoms with Crippen molar-refractivity contribution >= 4 is 21.5 Å². The molecule has 0 bridgehead atoms. The summed E-state index contributed by atoms with van der Waals surface area (Å²) in [5, 5.41) is 0. The highest BCUT2D eigenvalue weighted by Gasteiger charge is 1.54. The normalized spacial score (nSPS) is 6.00. The highest BCUT2D eigenvalue weighted by Crippen LogP contribution is 1.66. The molecule has 0 amide bonds. The van der Waals surface area contributed by atoms with Crippen LogP contribution in [0.2, 0.25) is 0 Å². The van der Waals surface area contributed by atoms with Crippen LogP contribution >= 0.6 is 21.5 Å². The fraction of sp³-hybridized carbons (Fsp3) is 1.00. The van der Waals surface area contributed by atoms with Crippen LogP contribution in [0.5, 0.6) is 0 Å². The average molecular weight is 115 g/mol. The molecule has 0 aliphatic rings. The maximum absolute atomic E-state index is 4.96. The molecule has 0 saturated heterocycles. The topological polar surface area (TPSA) is 9.23 Å². The third-order valence-electron chi connectivity index (χ3n) is 0.109. The molecule has 0 aliphatic carbocycles. The summed E-state index contributed by atoms with van der Waals surface area (Å²) in [5.41, 5.74) is 0. The van der Waals surface area contributed by atoms with Gasteiger partial charge in [0.25, 0.3) is 0 Å². The molecule has 34 valence electrons. The van der Waals surface area contributed by atoms with Crippen LogP contribution in [0.15, 0.2) is 0 Å². The molecule has 0 aliphatic heterocycles. The Balaban J connectivity index is 0. The lowest BCUT2D eigenvalue weighted by atomic mass is 11.5. The van der Waals surface area contributed by atoms with E-state index < -0.39 is 0 Å². The molecule has 0 rings (SSSR count). The van der Waals surface area contributed by atoms with Gasteiger partial charge >= 0.3 is 0 Å². The molecular formula is C2H8ClOP. The third kappa shape index (κ3) is 11.9. The molecule has 1 unspecified atom stereocenters. The first-order valence-corrected chi connectivity index (χ1v) is 1.50. The molecule has 0 saturated carbocycles. The lowest BCUT2D eigenvalue weighted by Gasteiger charge is -1.74. The summed E-state index contributed by atoms with van der Waals surface area (Å²) in [6.45, 7) is 0. The fourth-order valence-corrected chi connectivity index (χ4v) is 0. The van der Waals surface area contributed by atoms with Gasteiger partial charge < -0.3 is 4.74 Å². The van der Waals surface area contributed by atoms with Crippen LogP contribution < -0.4 is 0 Å². The molecule has 0 radical (unpaired) electrons. The van der Waals surface area contributed by atoms with Crippen molar-refractivity contribution in [3.8, 4) is 0 Å². The number of hydrogen-bond donors (Lipinski definition) is 0. The monoisotopic (exact) mass is 114 g/mol. The minimum absolute atomic E-state index is 0. The van der Waals surface area contributed by atoms with Gasteiger partial charge in [0.05, 0.1) is 0 Å². The Hall–Kier alpha value is 0.680. The average Bonchev–Trinajstić information content (AvgIpc) is 1.37. The SMILES string of the molecule is COCCl.P. The number of alkyl halides is 1. The van der Waals surface area contributed by atoms with Crippen molar-refractivity contribution in [3.63, 3.8) is 0 Å². The molecule has 0 aromatic heterocycles. The fourth-order valence-electron chi connectivity index (χ4n) is 0. The first-order chi connectivity index (χ1) is 1.91. The van der Waals surface area contributed by atoms with E-state index >= 15 is 0 Å². The van der Waals surface area contributed by atoms with E-state index in [0.29, 0.717) is 6.07 Å². The van der Waals surface area contributed by atoms with Crippen LogP contribution in [-0.4, -0.2) is 13.2 Å². The second-order valence-electron chi connectivity index (χ2n) is 0.398. The summed E-state index contributed by atoms with van der Waals surface area (Å²) < 4.78 is 4.31. The van der Waals surface area contributed by atoms with Crippen molar-refractivity contribution in [2.75, 3.05) is 13.2 Å². The second-order valence-corrected chi connectivity index (χ2v) is 0.616. The van der Waals surface area contributed by atoms with Crippen LogP contribution in [0.25, 0.3) is 0 Å². The van der Waals surface area contributed by atoms with Crippen molar-refractivity contribution in [2.45, 2.75) is 0 Å². The van der Waals surface area contributed by atoms with Gasteiger partial charge in [-0.15, -0.1) is 0 Å². The maximum atomic E-state index is 4.96. The Morgan fingerprint density at radius 3 is 2.00 bits per heavy atom. The van der Waals surface area contributed by atoms with E-state index in [-0.39, 0.29) is 9.90 Å². The molecule has 0 aromatic rings. The molecule has 0 spiro atoms. The van der Waals surface area contributed by atoms with E-state index in [1.54, 1.807) is 7.11 Å². The summed E-state index contributed by atoms with van der Waals surface area (Å²) in [5.74, 6) is 0. The van der Waals surface area contributed by atoms with Crippen LogP contribution in [0.1, 0.15) is 0 Å². The van der Waals surface area contributed by atoms with E-state index in [2.05, 4.69) is 4.74 Å². The van der Waals surface area contributed by atoms with Crippen LogP contribution in [-0.2, 0) is 4.74 Å². The molecule has 0 fully saturated rings. The van der Waals surface area contributed by atoms with Crippen molar-refractivity contribution < 1.29 is 4.74 Å². The molecule has 5 heavy (non-hydrogen) atoms. The van der Waals surface area contributed by atoms with Gasteiger partial charge in [0.15, 0.2) is 0 Å². The van der Waals surface area contributed by atoms with Gasteiger partial charge in [-0.3, -0.25) is 0 Å². The van der Waals surface area contributed by atoms with Crippen molar-refractivity contribution in [2.24, 2.45) is 0 Å². The standard InChI is InChI=1S/C2H5ClO.H3P/c1-4-2-3;/h2H2,1H3;1H3. The van der Waals surface area contributed by atoms with Gasteiger partial charge in [0.1, 0.15) is 6.07 Å². The second kappa shape index (κ2) is 8.82. The largest absolute Gasteiger partial charge is 0.369 e. The summed E-state index contributed by atoms with van der Waals surface area (Å²) in [6.07, 6.45) is 0. The summed E-state index contributed by atoms with van der Waals surface area (Å²) >= 11 is 4.96. The van der Waals surface area contributed by atoms with Gasteiger partial charge in [0, 0.05) is 7.11 Å². The Morgan fingerprint density at radius 1 is 1.80 bits per heavy atom. The number of methoxy groups -OCH3 is 1. The van der Waals surface area contributed by atoms with E-state index in [4.69, 9.17) is 11.6 Å². The highest BCUT2D eigenvalue weighted by molar-refractivity contribution is 6.92. The number of ether oxygens (including phenoxy) is 1. The first kappa shape index (κ1) is 9.19. The molecule has 1 atom stereocenters. The van der Waals surface area contributed by atoms with Crippen LogP contribution in [0, 0.1) is 0 Å². The molecule has 0 N–H and O–H groups in total.